The molecule has 1 amide bonds. The number of anilines is 1. The van der Waals surface area contributed by atoms with Gasteiger partial charge in [0.15, 0.2) is 0 Å². The number of carbonyl (C=O) groups is 1. The largest absolute Gasteiger partial charge is 0.494 e. The summed E-state index contributed by atoms with van der Waals surface area (Å²) in [6, 6.07) is 12.6. The molecule has 7 nitrogen and oxygen atoms in total. The number of carbonyl (C=O) groups excluding carboxylic acids is 1. The maximum absolute atomic E-state index is 13.3. The van der Waals surface area contributed by atoms with Crippen LogP contribution in [0.2, 0.25) is 0 Å². The zero-order valence-electron chi connectivity index (χ0n) is 16.6. The van der Waals surface area contributed by atoms with Crippen molar-refractivity contribution in [2.24, 2.45) is 0 Å². The number of nitrogens with zero attached hydrogens (tertiary/aromatic N) is 1. The van der Waals surface area contributed by atoms with Gasteiger partial charge in [-0.3, -0.25) is 9.10 Å². The molecule has 2 aromatic rings. The monoisotopic (exact) mass is 484 g/mol. The van der Waals surface area contributed by atoms with Gasteiger partial charge in [0.25, 0.3) is 10.0 Å². The fourth-order valence-corrected chi connectivity index (χ4v) is 4.35. The summed E-state index contributed by atoms with van der Waals surface area (Å²) in [4.78, 5) is 12.6. The predicted molar refractivity (Wildman–Crippen MR) is 116 cm³/mol. The van der Waals surface area contributed by atoms with Crippen LogP contribution in [0.3, 0.4) is 0 Å². The van der Waals surface area contributed by atoms with Crippen molar-refractivity contribution in [1.29, 1.82) is 0 Å². The van der Waals surface area contributed by atoms with Gasteiger partial charge < -0.3 is 14.8 Å². The van der Waals surface area contributed by atoms with Crippen LogP contribution in [0.1, 0.15) is 13.8 Å². The van der Waals surface area contributed by atoms with E-state index >= 15 is 0 Å². The van der Waals surface area contributed by atoms with Crippen LogP contribution in [0.15, 0.2) is 57.9 Å². The Morgan fingerprint density at radius 3 is 2.31 bits per heavy atom. The third-order valence-corrected chi connectivity index (χ3v) is 6.27. The number of nitrogens with one attached hydrogen (secondary N) is 1. The van der Waals surface area contributed by atoms with E-state index in [1.54, 1.807) is 43.3 Å². The third-order valence-electron chi connectivity index (χ3n) is 3.95. The molecule has 0 bridgehead atoms. The molecular formula is C20H25BrN2O5S. The molecule has 9 heteroatoms. The summed E-state index contributed by atoms with van der Waals surface area (Å²) >= 11 is 3.30. The molecule has 1 atom stereocenters. The van der Waals surface area contributed by atoms with Crippen LogP contribution < -0.4 is 14.4 Å². The summed E-state index contributed by atoms with van der Waals surface area (Å²) in [5, 5.41) is 2.74. The SMILES string of the molecule is CCOc1ccc(N(CC(=O)N[C@@H](C)COC)S(=O)(=O)c2ccc(Br)cc2)cc1. The van der Waals surface area contributed by atoms with E-state index in [4.69, 9.17) is 9.47 Å². The van der Waals surface area contributed by atoms with Crippen molar-refractivity contribution in [2.45, 2.75) is 24.8 Å². The molecular weight excluding hydrogens is 460 g/mol. The van der Waals surface area contributed by atoms with Crippen LogP contribution in [0.25, 0.3) is 0 Å². The number of halogens is 1. The quantitative estimate of drug-likeness (QED) is 0.559. The summed E-state index contributed by atoms with van der Waals surface area (Å²) in [6.07, 6.45) is 0. The Balaban J connectivity index is 2.36. The number of amides is 1. The lowest BCUT2D eigenvalue weighted by molar-refractivity contribution is -0.120. The predicted octanol–water partition coefficient (Wildman–Crippen LogP) is 3.19. The Morgan fingerprint density at radius 2 is 1.76 bits per heavy atom. The molecule has 0 spiro atoms. The first-order chi connectivity index (χ1) is 13.8. The van der Waals surface area contributed by atoms with Crippen LogP contribution in [-0.4, -0.2) is 47.2 Å². The maximum atomic E-state index is 13.3. The van der Waals surface area contributed by atoms with Gasteiger partial charge in [0.1, 0.15) is 12.3 Å². The van der Waals surface area contributed by atoms with E-state index in [0.717, 1.165) is 8.78 Å². The molecule has 0 unspecified atom stereocenters. The first-order valence-corrected chi connectivity index (χ1v) is 11.3. The van der Waals surface area contributed by atoms with E-state index in [2.05, 4.69) is 21.2 Å². The topological polar surface area (TPSA) is 84.9 Å². The first-order valence-electron chi connectivity index (χ1n) is 9.07. The lowest BCUT2D eigenvalue weighted by Crippen LogP contribution is -2.44. The molecule has 0 aliphatic carbocycles. The Morgan fingerprint density at radius 1 is 1.14 bits per heavy atom. The van der Waals surface area contributed by atoms with E-state index in [9.17, 15) is 13.2 Å². The number of methoxy groups -OCH3 is 1. The molecule has 0 aromatic heterocycles. The van der Waals surface area contributed by atoms with Crippen molar-refractivity contribution in [1.82, 2.24) is 5.32 Å². The van der Waals surface area contributed by atoms with Crippen molar-refractivity contribution in [3.8, 4) is 5.75 Å². The van der Waals surface area contributed by atoms with Gasteiger partial charge in [-0.25, -0.2) is 8.42 Å². The van der Waals surface area contributed by atoms with Crippen LogP contribution in [0, 0.1) is 0 Å². The van der Waals surface area contributed by atoms with Gasteiger partial charge in [0, 0.05) is 17.6 Å². The lowest BCUT2D eigenvalue weighted by Gasteiger charge is -2.25. The Bertz CT molecular complexity index is 901. The van der Waals surface area contributed by atoms with Crippen LogP contribution >= 0.6 is 15.9 Å². The average Bonchev–Trinajstić information content (AvgIpc) is 2.67. The van der Waals surface area contributed by atoms with Crippen molar-refractivity contribution < 1.29 is 22.7 Å². The molecule has 2 rings (SSSR count). The summed E-state index contributed by atoms with van der Waals surface area (Å²) in [7, 11) is -2.42. The molecule has 2 aromatic carbocycles. The second kappa shape index (κ2) is 10.6. The van der Waals surface area contributed by atoms with Gasteiger partial charge in [-0.15, -0.1) is 0 Å². The van der Waals surface area contributed by atoms with E-state index in [1.807, 2.05) is 6.92 Å². The van der Waals surface area contributed by atoms with E-state index < -0.39 is 15.9 Å². The average molecular weight is 485 g/mol. The maximum Gasteiger partial charge on any atom is 0.264 e. The summed E-state index contributed by atoms with van der Waals surface area (Å²) in [6.45, 7) is 4.12. The molecule has 0 heterocycles. The third kappa shape index (κ3) is 6.45. The van der Waals surface area contributed by atoms with Crippen LogP contribution in [0.5, 0.6) is 5.75 Å². The molecule has 0 saturated carbocycles. The van der Waals surface area contributed by atoms with Crippen molar-refractivity contribution in [2.75, 3.05) is 31.2 Å². The number of hydrogen-bond acceptors (Lipinski definition) is 5. The lowest BCUT2D eigenvalue weighted by atomic mass is 10.3. The Hall–Kier alpha value is -2.10. The van der Waals surface area contributed by atoms with Gasteiger partial charge in [0.05, 0.1) is 23.8 Å². The normalized spacial score (nSPS) is 12.3. The number of benzene rings is 2. The zero-order valence-corrected chi connectivity index (χ0v) is 19.0. The van der Waals surface area contributed by atoms with Gasteiger partial charge in [-0.1, -0.05) is 15.9 Å². The molecule has 158 valence electrons. The first kappa shape index (κ1) is 23.2. The zero-order chi connectivity index (χ0) is 21.4. The molecule has 29 heavy (non-hydrogen) atoms. The van der Waals surface area contributed by atoms with E-state index in [1.165, 1.54) is 19.2 Å². The van der Waals surface area contributed by atoms with Gasteiger partial charge in [-0.05, 0) is 62.4 Å². The van der Waals surface area contributed by atoms with Crippen LogP contribution in [0.4, 0.5) is 5.69 Å². The molecule has 0 aliphatic heterocycles. The second-order valence-electron chi connectivity index (χ2n) is 6.32. The highest BCUT2D eigenvalue weighted by atomic mass is 79.9. The summed E-state index contributed by atoms with van der Waals surface area (Å²) in [5.74, 6) is 0.194. The second-order valence-corrected chi connectivity index (χ2v) is 9.09. The van der Waals surface area contributed by atoms with Crippen molar-refractivity contribution in [3.63, 3.8) is 0 Å². The molecule has 0 fully saturated rings. The minimum atomic E-state index is -3.96. The minimum absolute atomic E-state index is 0.0901. The number of sulfonamides is 1. The van der Waals surface area contributed by atoms with Crippen molar-refractivity contribution in [3.05, 3.63) is 53.0 Å². The molecule has 0 radical (unpaired) electrons. The fraction of sp³-hybridized carbons (Fsp3) is 0.350. The number of ether oxygens (including phenoxy) is 2. The highest BCUT2D eigenvalue weighted by Gasteiger charge is 2.27. The smallest absolute Gasteiger partial charge is 0.264 e. The minimum Gasteiger partial charge on any atom is -0.494 e. The van der Waals surface area contributed by atoms with Crippen LogP contribution in [-0.2, 0) is 19.6 Å². The van der Waals surface area contributed by atoms with Gasteiger partial charge >= 0.3 is 0 Å². The highest BCUT2D eigenvalue weighted by molar-refractivity contribution is 9.10. The number of rotatable bonds is 10. The number of hydrogen-bond donors (Lipinski definition) is 1. The standard InChI is InChI=1S/C20H25BrN2O5S/c1-4-28-18-9-7-17(8-10-18)23(13-20(24)22-15(2)14-27-3)29(25,26)19-11-5-16(21)6-12-19/h5-12,15H,4,13-14H2,1-3H3,(H,22,24)/t15-/m0/s1. The fourth-order valence-electron chi connectivity index (χ4n) is 2.67. The van der Waals surface area contributed by atoms with Crippen molar-refractivity contribution >= 4 is 37.5 Å². The Kier molecular flexibility index (Phi) is 8.48. The van der Waals surface area contributed by atoms with Gasteiger partial charge in [0.2, 0.25) is 5.91 Å². The summed E-state index contributed by atoms with van der Waals surface area (Å²) < 4.78 is 38.8. The molecule has 0 saturated heterocycles. The Labute approximate surface area is 180 Å². The van der Waals surface area contributed by atoms with Gasteiger partial charge in [-0.2, -0.15) is 0 Å². The van der Waals surface area contributed by atoms with E-state index in [0.29, 0.717) is 24.7 Å². The highest BCUT2D eigenvalue weighted by Crippen LogP contribution is 2.26. The molecule has 1 N–H and O–H groups in total. The summed E-state index contributed by atoms with van der Waals surface area (Å²) in [5.41, 5.74) is 0.367. The van der Waals surface area contributed by atoms with E-state index in [-0.39, 0.29) is 17.5 Å². The molecule has 0 aliphatic rings.